The molecule has 0 bridgehead atoms. The molecule has 0 aliphatic heterocycles. The first-order chi connectivity index (χ1) is 23.7. The Morgan fingerprint density at radius 2 is 0.479 bits per heavy atom. The van der Waals surface area contributed by atoms with E-state index in [9.17, 15) is 0 Å². The van der Waals surface area contributed by atoms with Crippen molar-refractivity contribution in [3.8, 4) is 0 Å². The molecule has 0 saturated carbocycles. The van der Waals surface area contributed by atoms with Gasteiger partial charge in [0, 0.05) is 0 Å². The van der Waals surface area contributed by atoms with Gasteiger partial charge in [0.05, 0.1) is 0 Å². The second kappa shape index (κ2) is 14.4. The molecule has 7 rings (SSSR count). The van der Waals surface area contributed by atoms with E-state index in [4.69, 9.17) is 0 Å². The zero-order valence-electron chi connectivity index (χ0n) is 27.9. The Morgan fingerprint density at radius 1 is 0.292 bits per heavy atom. The molecule has 0 radical (unpaired) electrons. The first-order valence-corrected chi connectivity index (χ1v) is 25.6. The van der Waals surface area contributed by atoms with Crippen LogP contribution in [0, 0.1) is 0 Å². The summed E-state index contributed by atoms with van der Waals surface area (Å²) in [6.07, 6.45) is 1.95. The third-order valence-electron chi connectivity index (χ3n) is 10.1. The Bertz CT molecular complexity index is 1710. The summed E-state index contributed by atoms with van der Waals surface area (Å²) >= 11 is -6.98. The molecule has 0 atom stereocenters. The van der Waals surface area contributed by atoms with E-state index in [-0.39, 0.29) is 0 Å². The fourth-order valence-electron chi connectivity index (χ4n) is 8.03. The molecule has 0 amide bonds. The molecule has 48 heavy (non-hydrogen) atoms. The standard InChI is InChI=1S/C46H42Ge2/c1-3-37-35-46(48(42-29-17-8-18-30-42,43-31-19-9-20-32-43)44-33-21-10-22-34-44)38(4-2)36-45(37)47(39-23-11-5-12-24-39,40-25-13-6-14-26-40)41-27-15-7-16-28-41/h5-36H,3-4H2,1-2H3. The molecule has 0 aromatic heterocycles. The van der Waals surface area contributed by atoms with Crippen molar-refractivity contribution in [2.24, 2.45) is 0 Å². The van der Waals surface area contributed by atoms with E-state index in [0.717, 1.165) is 12.8 Å². The van der Waals surface area contributed by atoms with Crippen LogP contribution in [0.4, 0.5) is 0 Å². The molecule has 0 heterocycles. The van der Waals surface area contributed by atoms with Gasteiger partial charge in [-0.05, 0) is 0 Å². The summed E-state index contributed by atoms with van der Waals surface area (Å²) in [5.74, 6) is 0. The fraction of sp³-hybridized carbons (Fsp3) is 0.0870. The van der Waals surface area contributed by atoms with E-state index in [2.05, 4.69) is 208 Å². The van der Waals surface area contributed by atoms with Gasteiger partial charge >= 0.3 is 294 Å². The van der Waals surface area contributed by atoms with E-state index >= 15 is 0 Å². The van der Waals surface area contributed by atoms with Crippen LogP contribution in [-0.4, -0.2) is 26.5 Å². The Morgan fingerprint density at radius 3 is 0.646 bits per heavy atom. The monoisotopic (exact) mass is 742 g/mol. The molecule has 7 aromatic carbocycles. The summed E-state index contributed by atoms with van der Waals surface area (Å²) in [5, 5.41) is 0. The Kier molecular flexibility index (Phi) is 9.65. The molecular weight excluding hydrogens is 698 g/mol. The number of rotatable bonds is 10. The van der Waals surface area contributed by atoms with Crippen molar-refractivity contribution in [2.75, 3.05) is 0 Å². The molecule has 0 saturated heterocycles. The molecule has 0 nitrogen and oxygen atoms in total. The summed E-state index contributed by atoms with van der Waals surface area (Å²) in [6, 6.07) is 74.0. The van der Waals surface area contributed by atoms with Crippen molar-refractivity contribution in [3.05, 3.63) is 205 Å². The molecular formula is C46H42Ge2. The van der Waals surface area contributed by atoms with Crippen LogP contribution in [-0.2, 0) is 12.8 Å². The second-order valence-corrected chi connectivity index (χ2v) is 28.4. The van der Waals surface area contributed by atoms with Crippen LogP contribution >= 0.6 is 0 Å². The van der Waals surface area contributed by atoms with Crippen LogP contribution < -0.4 is 35.2 Å². The topological polar surface area (TPSA) is 0 Å². The molecule has 0 aliphatic rings. The maximum absolute atomic E-state index is 3.49. The predicted molar refractivity (Wildman–Crippen MR) is 212 cm³/mol. The summed E-state index contributed by atoms with van der Waals surface area (Å²) in [5.41, 5.74) is 2.97. The van der Waals surface area contributed by atoms with E-state index < -0.39 is 26.5 Å². The van der Waals surface area contributed by atoms with Gasteiger partial charge in [0.1, 0.15) is 0 Å². The van der Waals surface area contributed by atoms with Crippen molar-refractivity contribution in [3.63, 3.8) is 0 Å². The van der Waals surface area contributed by atoms with Gasteiger partial charge in [0.2, 0.25) is 0 Å². The SMILES string of the molecule is CCc1c[c]([Ge]([c]2ccccc2)([c]2ccccc2)[c]2ccccc2)c(CC)c[c]1[Ge]([c]1ccccc1)([c]1ccccc1)[c]1ccccc1. The first kappa shape index (κ1) is 32.2. The van der Waals surface area contributed by atoms with Crippen LogP contribution in [0.1, 0.15) is 25.0 Å². The van der Waals surface area contributed by atoms with Crippen LogP contribution in [0.3, 0.4) is 0 Å². The Hall–Kier alpha value is -4.37. The molecule has 2 heteroatoms. The molecule has 0 aliphatic carbocycles. The Balaban J connectivity index is 1.64. The van der Waals surface area contributed by atoms with Crippen LogP contribution in [0.5, 0.6) is 0 Å². The fourth-order valence-corrected chi connectivity index (χ4v) is 29.6. The van der Waals surface area contributed by atoms with E-state index in [1.807, 2.05) is 0 Å². The van der Waals surface area contributed by atoms with Gasteiger partial charge in [-0.15, -0.1) is 0 Å². The van der Waals surface area contributed by atoms with Gasteiger partial charge in [0.25, 0.3) is 0 Å². The average Bonchev–Trinajstić information content (AvgIpc) is 3.18. The number of benzene rings is 7. The molecule has 0 fully saturated rings. The normalized spacial score (nSPS) is 11.7. The minimum atomic E-state index is -3.49. The third-order valence-corrected chi connectivity index (χ3v) is 30.6. The number of hydrogen-bond donors (Lipinski definition) is 0. The van der Waals surface area contributed by atoms with Gasteiger partial charge in [-0.3, -0.25) is 0 Å². The van der Waals surface area contributed by atoms with Gasteiger partial charge in [0.15, 0.2) is 0 Å². The summed E-state index contributed by atoms with van der Waals surface area (Å²) in [7, 11) is 0. The van der Waals surface area contributed by atoms with Crippen molar-refractivity contribution in [2.45, 2.75) is 26.7 Å². The average molecular weight is 740 g/mol. The van der Waals surface area contributed by atoms with E-state index in [0.29, 0.717) is 0 Å². The molecule has 0 unspecified atom stereocenters. The zero-order chi connectivity index (χ0) is 32.8. The first-order valence-electron chi connectivity index (χ1n) is 17.2. The third kappa shape index (κ3) is 5.51. The van der Waals surface area contributed by atoms with Gasteiger partial charge < -0.3 is 0 Å². The maximum atomic E-state index is 2.69. The van der Waals surface area contributed by atoms with Crippen LogP contribution in [0.15, 0.2) is 194 Å². The molecule has 0 spiro atoms. The van der Waals surface area contributed by atoms with Crippen molar-refractivity contribution in [1.29, 1.82) is 0 Å². The summed E-state index contributed by atoms with van der Waals surface area (Å²) in [6.45, 7) is 4.73. The Labute approximate surface area is 291 Å². The molecule has 7 aromatic rings. The predicted octanol–water partition coefficient (Wildman–Crippen LogP) is 5.57. The minimum absolute atomic E-state index is 0.975. The van der Waals surface area contributed by atoms with Gasteiger partial charge in [-0.1, -0.05) is 0 Å². The van der Waals surface area contributed by atoms with Crippen LogP contribution in [0.2, 0.25) is 0 Å². The van der Waals surface area contributed by atoms with Crippen molar-refractivity contribution in [1.82, 2.24) is 0 Å². The van der Waals surface area contributed by atoms with E-state index in [1.54, 1.807) is 8.79 Å². The molecule has 0 N–H and O–H groups in total. The van der Waals surface area contributed by atoms with Gasteiger partial charge in [-0.25, -0.2) is 0 Å². The van der Waals surface area contributed by atoms with Crippen molar-refractivity contribution >= 4 is 61.7 Å². The quantitative estimate of drug-likeness (QED) is 0.161. The number of aryl methyl sites for hydroxylation is 2. The summed E-state index contributed by atoms with van der Waals surface area (Å²) < 4.78 is 12.0. The summed E-state index contributed by atoms with van der Waals surface area (Å²) in [4.78, 5) is 0. The van der Waals surface area contributed by atoms with Crippen LogP contribution in [0.25, 0.3) is 0 Å². The van der Waals surface area contributed by atoms with Crippen molar-refractivity contribution < 1.29 is 0 Å². The molecule has 234 valence electrons. The zero-order valence-corrected chi connectivity index (χ0v) is 32.1. The van der Waals surface area contributed by atoms with E-state index in [1.165, 1.54) is 37.5 Å². The second-order valence-electron chi connectivity index (χ2n) is 12.6. The van der Waals surface area contributed by atoms with Gasteiger partial charge in [-0.2, -0.15) is 0 Å². The number of hydrogen-bond acceptors (Lipinski definition) is 0.